The maximum absolute atomic E-state index is 12.8. The Morgan fingerprint density at radius 3 is 3.05 bits per heavy atom. The minimum atomic E-state index is 0.00218. The van der Waals surface area contributed by atoms with Crippen LogP contribution < -0.4 is 5.32 Å². The summed E-state index contributed by atoms with van der Waals surface area (Å²) in [6, 6.07) is 6.17. The summed E-state index contributed by atoms with van der Waals surface area (Å²) < 4.78 is 0. The van der Waals surface area contributed by atoms with Gasteiger partial charge in [-0.2, -0.15) is 0 Å². The largest absolute Gasteiger partial charge is 0.385 e. The van der Waals surface area contributed by atoms with Gasteiger partial charge in [0.25, 0.3) is 0 Å². The number of fused-ring (bicyclic) bond motifs is 1. The zero-order valence-corrected chi connectivity index (χ0v) is 13.2. The molecule has 21 heavy (non-hydrogen) atoms. The predicted molar refractivity (Wildman–Crippen MR) is 87.0 cm³/mol. The van der Waals surface area contributed by atoms with Crippen LogP contribution in [-0.2, 0) is 6.42 Å². The van der Waals surface area contributed by atoms with Gasteiger partial charge in [0.2, 0.25) is 0 Å². The lowest BCUT2D eigenvalue weighted by Gasteiger charge is -2.34. The lowest BCUT2D eigenvalue weighted by molar-refractivity contribution is 0.0765. The summed E-state index contributed by atoms with van der Waals surface area (Å²) in [4.78, 5) is 15.1. The molecular weight excluding hydrogens is 260 g/mol. The Labute approximate surface area is 127 Å². The molecule has 1 saturated heterocycles. The van der Waals surface area contributed by atoms with E-state index in [0.29, 0.717) is 5.92 Å². The van der Waals surface area contributed by atoms with Gasteiger partial charge < -0.3 is 5.32 Å². The third-order valence-electron chi connectivity index (χ3n) is 4.94. The fraction of sp³-hybridized carbons (Fsp3) is 0.611. The van der Waals surface area contributed by atoms with Gasteiger partial charge in [0.15, 0.2) is 5.78 Å². The average Bonchev–Trinajstić information content (AvgIpc) is 2.53. The summed E-state index contributed by atoms with van der Waals surface area (Å²) in [7, 11) is 0. The van der Waals surface area contributed by atoms with Crippen LogP contribution in [0.1, 0.15) is 49.0 Å². The Kier molecular flexibility index (Phi) is 4.29. The molecule has 3 rings (SSSR count). The third-order valence-corrected chi connectivity index (χ3v) is 4.94. The molecule has 1 aromatic rings. The van der Waals surface area contributed by atoms with Gasteiger partial charge in [-0.25, -0.2) is 0 Å². The summed E-state index contributed by atoms with van der Waals surface area (Å²) >= 11 is 0. The van der Waals surface area contributed by atoms with Crippen molar-refractivity contribution < 1.29 is 4.79 Å². The first-order valence-corrected chi connectivity index (χ1v) is 8.30. The fourth-order valence-electron chi connectivity index (χ4n) is 3.61. The first-order chi connectivity index (χ1) is 10.1. The van der Waals surface area contributed by atoms with Gasteiger partial charge in [-0.15, -0.1) is 0 Å². The van der Waals surface area contributed by atoms with Crippen LogP contribution in [0.5, 0.6) is 0 Å². The molecule has 0 radical (unpaired) electrons. The maximum Gasteiger partial charge on any atom is 0.179 e. The highest BCUT2D eigenvalue weighted by Crippen LogP contribution is 2.25. The van der Waals surface area contributed by atoms with Crippen LogP contribution in [0.2, 0.25) is 0 Å². The zero-order valence-electron chi connectivity index (χ0n) is 13.2. The van der Waals surface area contributed by atoms with Crippen molar-refractivity contribution in [2.75, 3.05) is 25.0 Å². The number of anilines is 1. The summed E-state index contributed by atoms with van der Waals surface area (Å²) in [5.41, 5.74) is 3.38. The Hall–Kier alpha value is -1.35. The molecule has 3 nitrogen and oxygen atoms in total. The van der Waals surface area contributed by atoms with Crippen LogP contribution in [0.15, 0.2) is 18.2 Å². The number of nitrogens with one attached hydrogen (secondary N) is 1. The van der Waals surface area contributed by atoms with Gasteiger partial charge in [-0.05, 0) is 68.8 Å². The van der Waals surface area contributed by atoms with Crippen molar-refractivity contribution >= 4 is 11.5 Å². The molecule has 114 valence electrons. The van der Waals surface area contributed by atoms with Crippen LogP contribution in [0, 0.1) is 5.92 Å². The number of likely N-dealkylation sites (tertiary alicyclic amines) is 1. The Morgan fingerprint density at radius 2 is 2.24 bits per heavy atom. The van der Waals surface area contributed by atoms with Crippen molar-refractivity contribution in [2.24, 2.45) is 5.92 Å². The predicted octanol–water partition coefficient (Wildman–Crippen LogP) is 3.35. The van der Waals surface area contributed by atoms with E-state index in [1.165, 1.54) is 24.1 Å². The molecule has 3 heteroatoms. The second kappa shape index (κ2) is 6.18. The molecule has 0 amide bonds. The highest BCUT2D eigenvalue weighted by atomic mass is 16.1. The summed E-state index contributed by atoms with van der Waals surface area (Å²) in [6.45, 7) is 7.51. The lowest BCUT2D eigenvalue weighted by atomic mass is 9.94. The molecule has 0 spiro atoms. The second-order valence-electron chi connectivity index (χ2n) is 6.68. The van der Waals surface area contributed by atoms with Crippen LogP contribution >= 0.6 is 0 Å². The van der Waals surface area contributed by atoms with Crippen LogP contribution in [-0.4, -0.2) is 36.4 Å². The molecule has 0 bridgehead atoms. The Bertz CT molecular complexity index is 526. The zero-order chi connectivity index (χ0) is 14.8. The van der Waals surface area contributed by atoms with E-state index in [1.54, 1.807) is 0 Å². The molecule has 0 aromatic heterocycles. The molecule has 2 unspecified atom stereocenters. The minimum absolute atomic E-state index is 0.00218. The highest BCUT2D eigenvalue weighted by Gasteiger charge is 2.26. The van der Waals surface area contributed by atoms with E-state index >= 15 is 0 Å². The number of carbonyl (C=O) groups excluding carboxylic acids is 1. The number of rotatable bonds is 3. The van der Waals surface area contributed by atoms with Crippen LogP contribution in [0.3, 0.4) is 0 Å². The topological polar surface area (TPSA) is 32.3 Å². The average molecular weight is 286 g/mol. The standard InChI is InChI=1S/C18H26N2O/c1-13-5-4-10-20(12-13)14(2)18(21)16-7-8-17-15(11-16)6-3-9-19-17/h7-8,11,13-14,19H,3-6,9-10,12H2,1-2H3. The molecule has 2 aliphatic heterocycles. The van der Waals surface area contributed by atoms with E-state index in [9.17, 15) is 4.79 Å². The number of hydrogen-bond acceptors (Lipinski definition) is 3. The SMILES string of the molecule is CC1CCCN(C(C)C(=O)c2ccc3c(c2)CCCN3)C1. The van der Waals surface area contributed by atoms with Gasteiger partial charge >= 0.3 is 0 Å². The normalized spacial score (nSPS) is 24.0. The number of carbonyl (C=O) groups is 1. The summed E-state index contributed by atoms with van der Waals surface area (Å²) in [6.07, 6.45) is 4.75. The van der Waals surface area contributed by atoms with Crippen LogP contribution in [0.4, 0.5) is 5.69 Å². The van der Waals surface area contributed by atoms with Crippen molar-refractivity contribution in [1.29, 1.82) is 0 Å². The minimum Gasteiger partial charge on any atom is -0.385 e. The van der Waals surface area contributed by atoms with Gasteiger partial charge in [-0.3, -0.25) is 9.69 Å². The number of benzene rings is 1. The lowest BCUT2D eigenvalue weighted by Crippen LogP contribution is -2.44. The maximum atomic E-state index is 12.8. The van der Waals surface area contributed by atoms with Crippen molar-refractivity contribution in [2.45, 2.75) is 45.6 Å². The number of aryl methyl sites for hydroxylation is 1. The molecule has 0 saturated carbocycles. The molecule has 0 aliphatic carbocycles. The molecule has 2 atom stereocenters. The number of nitrogens with zero attached hydrogens (tertiary/aromatic N) is 1. The first kappa shape index (κ1) is 14.6. The van der Waals surface area contributed by atoms with Crippen molar-refractivity contribution in [1.82, 2.24) is 4.90 Å². The van der Waals surface area contributed by atoms with Crippen molar-refractivity contribution in [3.8, 4) is 0 Å². The second-order valence-corrected chi connectivity index (χ2v) is 6.68. The third kappa shape index (κ3) is 3.13. The van der Waals surface area contributed by atoms with E-state index in [-0.39, 0.29) is 11.8 Å². The van der Waals surface area contributed by atoms with Gasteiger partial charge in [-0.1, -0.05) is 6.92 Å². The van der Waals surface area contributed by atoms with Gasteiger partial charge in [0.05, 0.1) is 6.04 Å². The summed E-state index contributed by atoms with van der Waals surface area (Å²) in [5.74, 6) is 0.985. The molecule has 1 aromatic carbocycles. The smallest absolute Gasteiger partial charge is 0.179 e. The van der Waals surface area contributed by atoms with Gasteiger partial charge in [0.1, 0.15) is 0 Å². The highest BCUT2D eigenvalue weighted by molar-refractivity contribution is 6.00. The van der Waals surface area contributed by atoms with Crippen molar-refractivity contribution in [3.05, 3.63) is 29.3 Å². The Morgan fingerprint density at radius 1 is 1.38 bits per heavy atom. The van der Waals surface area contributed by atoms with E-state index in [2.05, 4.69) is 36.2 Å². The fourth-order valence-corrected chi connectivity index (χ4v) is 3.61. The first-order valence-electron chi connectivity index (χ1n) is 8.30. The van der Waals surface area contributed by atoms with Crippen LogP contribution in [0.25, 0.3) is 0 Å². The number of Topliss-reactive ketones (excluding diaryl/α,β-unsaturated/α-hetero) is 1. The number of ketones is 1. The van der Waals surface area contributed by atoms with E-state index in [1.807, 2.05) is 6.07 Å². The van der Waals surface area contributed by atoms with E-state index < -0.39 is 0 Å². The van der Waals surface area contributed by atoms with Crippen molar-refractivity contribution in [3.63, 3.8) is 0 Å². The van der Waals surface area contributed by atoms with E-state index in [4.69, 9.17) is 0 Å². The summed E-state index contributed by atoms with van der Waals surface area (Å²) in [5, 5.41) is 3.41. The van der Waals surface area contributed by atoms with E-state index in [0.717, 1.165) is 38.0 Å². The monoisotopic (exact) mass is 286 g/mol. The number of hydrogen-bond donors (Lipinski definition) is 1. The molecule has 2 aliphatic rings. The molecular formula is C18H26N2O. The molecule has 2 heterocycles. The molecule has 1 N–H and O–H groups in total. The molecule has 1 fully saturated rings. The number of piperidine rings is 1. The quantitative estimate of drug-likeness (QED) is 0.865. The van der Waals surface area contributed by atoms with Gasteiger partial charge in [0, 0.05) is 24.3 Å². The Balaban J connectivity index is 1.75.